The Morgan fingerprint density at radius 3 is 2.33 bits per heavy atom. The van der Waals surface area contributed by atoms with Gasteiger partial charge in [-0.15, -0.1) is 0 Å². The highest BCUT2D eigenvalue weighted by molar-refractivity contribution is 5.75. The molecule has 21 heavy (non-hydrogen) atoms. The molecule has 6 heteroatoms. The number of urea groups is 1. The fourth-order valence-corrected chi connectivity index (χ4v) is 3.11. The van der Waals surface area contributed by atoms with E-state index in [4.69, 9.17) is 5.73 Å². The summed E-state index contributed by atoms with van der Waals surface area (Å²) in [4.78, 5) is 22.7. The average molecular weight is 289 g/mol. The zero-order valence-electron chi connectivity index (χ0n) is 12.4. The quantitative estimate of drug-likeness (QED) is 0.848. The van der Waals surface area contributed by atoms with Crippen LogP contribution in [0.3, 0.4) is 0 Å². The lowest BCUT2D eigenvalue weighted by atomic mass is 10.1. The summed E-state index contributed by atoms with van der Waals surface area (Å²) < 4.78 is 0. The number of anilines is 2. The highest BCUT2D eigenvalue weighted by Crippen LogP contribution is 2.23. The van der Waals surface area contributed by atoms with E-state index in [0.29, 0.717) is 5.69 Å². The molecule has 2 aliphatic heterocycles. The average Bonchev–Trinajstić information content (AvgIpc) is 2.56. The number of carbonyl (C=O) groups is 1. The number of nitrogens with two attached hydrogens (primary N) is 1. The molecule has 0 bridgehead atoms. The van der Waals surface area contributed by atoms with Crippen LogP contribution in [0.15, 0.2) is 18.5 Å². The van der Waals surface area contributed by atoms with Crippen molar-refractivity contribution >= 4 is 17.4 Å². The van der Waals surface area contributed by atoms with Crippen molar-refractivity contribution in [2.75, 3.05) is 49.9 Å². The fourth-order valence-electron chi connectivity index (χ4n) is 3.11. The Kier molecular flexibility index (Phi) is 4.13. The van der Waals surface area contributed by atoms with Crippen LogP contribution < -0.4 is 10.6 Å². The van der Waals surface area contributed by atoms with Crippen molar-refractivity contribution in [3.63, 3.8) is 0 Å². The molecule has 3 rings (SSSR count). The number of carbonyl (C=O) groups excluding carboxylic acids is 1. The van der Waals surface area contributed by atoms with E-state index in [1.807, 2.05) is 15.9 Å². The van der Waals surface area contributed by atoms with Crippen molar-refractivity contribution in [2.45, 2.75) is 19.3 Å². The Hall–Kier alpha value is -1.98. The second kappa shape index (κ2) is 6.20. The summed E-state index contributed by atoms with van der Waals surface area (Å²) in [5.74, 6) is 0. The first kappa shape index (κ1) is 14.0. The third-order valence-corrected chi connectivity index (χ3v) is 4.35. The molecular weight excluding hydrogens is 266 g/mol. The van der Waals surface area contributed by atoms with E-state index in [2.05, 4.69) is 9.88 Å². The molecule has 0 saturated carbocycles. The standard InChI is InChI=1S/C15H23N5O/c16-13-12-17-5-4-14(13)18-8-10-20(11-9-18)15(21)19-6-2-1-3-7-19/h4-5,12H,1-3,6-11,16H2. The zero-order valence-corrected chi connectivity index (χ0v) is 12.4. The van der Waals surface area contributed by atoms with Gasteiger partial charge < -0.3 is 20.4 Å². The van der Waals surface area contributed by atoms with Gasteiger partial charge in [-0.1, -0.05) is 0 Å². The summed E-state index contributed by atoms with van der Waals surface area (Å²) in [5.41, 5.74) is 7.70. The number of nitrogens with zero attached hydrogens (tertiary/aromatic N) is 4. The molecule has 0 atom stereocenters. The molecule has 0 spiro atoms. The first-order valence-corrected chi connectivity index (χ1v) is 7.74. The molecule has 2 saturated heterocycles. The molecule has 3 heterocycles. The summed E-state index contributed by atoms with van der Waals surface area (Å²) in [7, 11) is 0. The number of aromatic nitrogens is 1. The van der Waals surface area contributed by atoms with Gasteiger partial charge in [0.2, 0.25) is 0 Å². The van der Waals surface area contributed by atoms with E-state index >= 15 is 0 Å². The third-order valence-electron chi connectivity index (χ3n) is 4.35. The van der Waals surface area contributed by atoms with Crippen LogP contribution in [0.1, 0.15) is 19.3 Å². The summed E-state index contributed by atoms with van der Waals surface area (Å²) in [6.45, 7) is 5.00. The van der Waals surface area contributed by atoms with Crippen LogP contribution in [0.25, 0.3) is 0 Å². The zero-order chi connectivity index (χ0) is 14.7. The van der Waals surface area contributed by atoms with Crippen LogP contribution in [-0.2, 0) is 0 Å². The Morgan fingerprint density at radius 2 is 1.67 bits per heavy atom. The molecular formula is C15H23N5O. The van der Waals surface area contributed by atoms with Crippen molar-refractivity contribution in [1.82, 2.24) is 14.8 Å². The first-order chi connectivity index (χ1) is 10.3. The van der Waals surface area contributed by atoms with Gasteiger partial charge in [-0.05, 0) is 25.3 Å². The van der Waals surface area contributed by atoms with E-state index in [1.165, 1.54) is 6.42 Å². The van der Waals surface area contributed by atoms with E-state index in [0.717, 1.165) is 57.8 Å². The van der Waals surface area contributed by atoms with Gasteiger partial charge in [0.25, 0.3) is 0 Å². The summed E-state index contributed by atoms with van der Waals surface area (Å²) >= 11 is 0. The van der Waals surface area contributed by atoms with Crippen LogP contribution in [0, 0.1) is 0 Å². The van der Waals surface area contributed by atoms with Gasteiger partial charge in [0.05, 0.1) is 17.6 Å². The molecule has 0 aromatic carbocycles. The van der Waals surface area contributed by atoms with Crippen molar-refractivity contribution in [3.8, 4) is 0 Å². The van der Waals surface area contributed by atoms with Crippen molar-refractivity contribution in [1.29, 1.82) is 0 Å². The third kappa shape index (κ3) is 3.04. The smallest absolute Gasteiger partial charge is 0.320 e. The van der Waals surface area contributed by atoms with E-state index < -0.39 is 0 Å². The minimum absolute atomic E-state index is 0.206. The van der Waals surface area contributed by atoms with Gasteiger partial charge in [-0.25, -0.2) is 4.79 Å². The number of piperidine rings is 1. The van der Waals surface area contributed by atoms with Gasteiger partial charge in [-0.2, -0.15) is 0 Å². The number of hydrogen-bond donors (Lipinski definition) is 1. The van der Waals surface area contributed by atoms with Crippen LogP contribution in [-0.4, -0.2) is 60.1 Å². The summed E-state index contributed by atoms with van der Waals surface area (Å²) in [6, 6.07) is 2.15. The number of amides is 2. The lowest BCUT2D eigenvalue weighted by molar-refractivity contribution is 0.141. The van der Waals surface area contributed by atoms with Gasteiger partial charge in [0.1, 0.15) is 0 Å². The molecule has 2 N–H and O–H groups in total. The highest BCUT2D eigenvalue weighted by atomic mass is 16.2. The second-order valence-electron chi connectivity index (χ2n) is 5.74. The fraction of sp³-hybridized carbons (Fsp3) is 0.600. The monoisotopic (exact) mass is 289 g/mol. The minimum Gasteiger partial charge on any atom is -0.396 e. The maximum absolute atomic E-state index is 12.5. The summed E-state index contributed by atoms with van der Waals surface area (Å²) in [6.07, 6.45) is 6.97. The number of piperazine rings is 1. The maximum Gasteiger partial charge on any atom is 0.320 e. The lowest BCUT2D eigenvalue weighted by Crippen LogP contribution is -2.53. The molecule has 1 aromatic rings. The molecule has 1 aromatic heterocycles. The van der Waals surface area contributed by atoms with Gasteiger partial charge >= 0.3 is 6.03 Å². The Labute approximate surface area is 125 Å². The molecule has 6 nitrogen and oxygen atoms in total. The Morgan fingerprint density at radius 1 is 1.00 bits per heavy atom. The molecule has 2 aliphatic rings. The predicted molar refractivity (Wildman–Crippen MR) is 83.3 cm³/mol. The Balaban J connectivity index is 1.57. The van der Waals surface area contributed by atoms with Crippen LogP contribution in [0.2, 0.25) is 0 Å². The number of rotatable bonds is 1. The number of nitrogen functional groups attached to an aromatic ring is 1. The minimum atomic E-state index is 0.206. The molecule has 2 amide bonds. The van der Waals surface area contributed by atoms with Crippen LogP contribution in [0.5, 0.6) is 0 Å². The van der Waals surface area contributed by atoms with Gasteiger partial charge in [0.15, 0.2) is 0 Å². The van der Waals surface area contributed by atoms with Crippen molar-refractivity contribution < 1.29 is 4.79 Å². The predicted octanol–water partition coefficient (Wildman–Crippen LogP) is 1.39. The maximum atomic E-state index is 12.5. The van der Waals surface area contributed by atoms with E-state index in [1.54, 1.807) is 12.4 Å². The Bertz CT molecular complexity index is 493. The molecule has 0 aliphatic carbocycles. The first-order valence-electron chi connectivity index (χ1n) is 7.74. The van der Waals surface area contributed by atoms with Gasteiger partial charge in [-0.3, -0.25) is 4.98 Å². The second-order valence-corrected chi connectivity index (χ2v) is 5.74. The molecule has 2 fully saturated rings. The van der Waals surface area contributed by atoms with E-state index in [9.17, 15) is 4.79 Å². The normalized spacial score (nSPS) is 19.7. The lowest BCUT2D eigenvalue weighted by Gasteiger charge is -2.39. The van der Waals surface area contributed by atoms with Crippen LogP contribution in [0.4, 0.5) is 16.2 Å². The van der Waals surface area contributed by atoms with Crippen LogP contribution >= 0.6 is 0 Å². The molecule has 0 unspecified atom stereocenters. The SMILES string of the molecule is Nc1cnccc1N1CCN(C(=O)N2CCCCC2)CC1. The number of hydrogen-bond acceptors (Lipinski definition) is 4. The number of likely N-dealkylation sites (tertiary alicyclic amines) is 1. The number of pyridine rings is 1. The summed E-state index contributed by atoms with van der Waals surface area (Å²) in [5, 5.41) is 0. The molecule has 0 radical (unpaired) electrons. The van der Waals surface area contributed by atoms with Gasteiger partial charge in [0, 0.05) is 45.5 Å². The highest BCUT2D eigenvalue weighted by Gasteiger charge is 2.26. The largest absolute Gasteiger partial charge is 0.396 e. The van der Waals surface area contributed by atoms with Crippen molar-refractivity contribution in [3.05, 3.63) is 18.5 Å². The topological polar surface area (TPSA) is 65.7 Å². The molecule has 114 valence electrons. The van der Waals surface area contributed by atoms with E-state index in [-0.39, 0.29) is 6.03 Å². The van der Waals surface area contributed by atoms with Crippen molar-refractivity contribution in [2.24, 2.45) is 0 Å².